The molecular formula is C5H5F7O. The molecular weight excluding hydrogens is 209 g/mol. The van der Waals surface area contributed by atoms with Crippen LogP contribution in [0.25, 0.3) is 0 Å². The fourth-order valence-corrected chi connectivity index (χ4v) is 0.527. The van der Waals surface area contributed by atoms with Crippen molar-refractivity contribution >= 4 is 0 Å². The topological polar surface area (TPSA) is 9.23 Å². The largest absolute Gasteiger partial charge is 0.423 e. The van der Waals surface area contributed by atoms with Crippen LogP contribution < -0.4 is 0 Å². The second-order valence-electron chi connectivity index (χ2n) is 2.14. The molecule has 0 aliphatic heterocycles. The van der Waals surface area contributed by atoms with Crippen molar-refractivity contribution in [2.75, 3.05) is 0 Å². The van der Waals surface area contributed by atoms with Gasteiger partial charge in [-0.15, -0.1) is 0 Å². The van der Waals surface area contributed by atoms with Gasteiger partial charge in [0.25, 0.3) is 6.10 Å². The van der Waals surface area contributed by atoms with Gasteiger partial charge in [-0.25, -0.2) is 4.39 Å². The highest BCUT2D eigenvalue weighted by molar-refractivity contribution is 4.75. The fraction of sp³-hybridized carbons (Fsp3) is 1.00. The number of hydrogen-bond acceptors (Lipinski definition) is 1. The second kappa shape index (κ2) is 3.69. The molecule has 8 heteroatoms. The molecule has 0 spiro atoms. The lowest BCUT2D eigenvalue weighted by Gasteiger charge is -2.23. The zero-order valence-corrected chi connectivity index (χ0v) is 6.21. The van der Waals surface area contributed by atoms with Gasteiger partial charge >= 0.3 is 12.4 Å². The van der Waals surface area contributed by atoms with Gasteiger partial charge in [0.1, 0.15) is 0 Å². The third-order valence-corrected chi connectivity index (χ3v) is 0.918. The zero-order valence-electron chi connectivity index (χ0n) is 6.21. The van der Waals surface area contributed by atoms with Crippen molar-refractivity contribution < 1.29 is 35.5 Å². The second-order valence-corrected chi connectivity index (χ2v) is 2.14. The van der Waals surface area contributed by atoms with Crippen LogP contribution in [0.2, 0.25) is 0 Å². The van der Waals surface area contributed by atoms with E-state index in [1.807, 2.05) is 0 Å². The van der Waals surface area contributed by atoms with E-state index in [-0.39, 0.29) is 0 Å². The van der Waals surface area contributed by atoms with Gasteiger partial charge in [0, 0.05) is 0 Å². The van der Waals surface area contributed by atoms with Crippen LogP contribution in [0.1, 0.15) is 6.92 Å². The highest BCUT2D eigenvalue weighted by Crippen LogP contribution is 2.36. The Morgan fingerprint density at radius 1 is 0.923 bits per heavy atom. The predicted octanol–water partition coefficient (Wildman–Crippen LogP) is 2.81. The Hall–Kier alpha value is -0.530. The van der Waals surface area contributed by atoms with Gasteiger partial charge in [-0.1, -0.05) is 0 Å². The minimum Gasteiger partial charge on any atom is -0.327 e. The predicted molar refractivity (Wildman–Crippen MR) is 27.6 cm³/mol. The SMILES string of the molecule is CC(F)OC(C(F)(F)F)C(F)(F)F. The van der Waals surface area contributed by atoms with Gasteiger partial charge < -0.3 is 4.74 Å². The lowest BCUT2D eigenvalue weighted by atomic mass is 10.3. The van der Waals surface area contributed by atoms with Crippen LogP contribution in [-0.2, 0) is 4.74 Å². The third-order valence-electron chi connectivity index (χ3n) is 0.918. The molecule has 1 nitrogen and oxygen atoms in total. The molecule has 0 amide bonds. The first kappa shape index (κ1) is 12.5. The molecule has 0 saturated carbocycles. The van der Waals surface area contributed by atoms with Crippen LogP contribution in [0, 0.1) is 0 Å². The molecule has 0 aliphatic carbocycles. The molecule has 0 aromatic rings. The quantitative estimate of drug-likeness (QED) is 0.642. The molecule has 0 aliphatic rings. The van der Waals surface area contributed by atoms with Crippen LogP contribution in [0.15, 0.2) is 0 Å². The van der Waals surface area contributed by atoms with Gasteiger partial charge in [-0.2, -0.15) is 26.3 Å². The summed E-state index contributed by atoms with van der Waals surface area (Å²) in [6.07, 6.45) is -18.0. The number of ether oxygens (including phenoxy) is 1. The summed E-state index contributed by atoms with van der Waals surface area (Å²) in [6.45, 7) is 0.435. The summed E-state index contributed by atoms with van der Waals surface area (Å²) in [4.78, 5) is 0. The standard InChI is InChI=1S/C5H5F7O/c1-2(6)13-3(4(7,8)9)5(10,11)12/h2-3H,1H3. The Morgan fingerprint density at radius 3 is 1.31 bits per heavy atom. The molecule has 0 bridgehead atoms. The van der Waals surface area contributed by atoms with Crippen molar-refractivity contribution in [3.63, 3.8) is 0 Å². The van der Waals surface area contributed by atoms with E-state index < -0.39 is 24.8 Å². The van der Waals surface area contributed by atoms with E-state index in [4.69, 9.17) is 0 Å². The number of halogens is 7. The Morgan fingerprint density at radius 2 is 1.23 bits per heavy atom. The minimum absolute atomic E-state index is 0.435. The van der Waals surface area contributed by atoms with E-state index in [0.717, 1.165) is 0 Å². The van der Waals surface area contributed by atoms with E-state index >= 15 is 0 Å². The van der Waals surface area contributed by atoms with Crippen LogP contribution in [0.4, 0.5) is 30.7 Å². The van der Waals surface area contributed by atoms with Gasteiger partial charge in [0.15, 0.2) is 6.36 Å². The Balaban J connectivity index is 4.58. The van der Waals surface area contributed by atoms with Gasteiger partial charge in [-0.3, -0.25) is 0 Å². The van der Waals surface area contributed by atoms with Crippen molar-refractivity contribution in [1.29, 1.82) is 0 Å². The molecule has 1 atom stereocenters. The molecule has 0 rings (SSSR count). The van der Waals surface area contributed by atoms with Crippen molar-refractivity contribution in [2.24, 2.45) is 0 Å². The lowest BCUT2D eigenvalue weighted by molar-refractivity contribution is -0.339. The lowest BCUT2D eigenvalue weighted by Crippen LogP contribution is -2.45. The average Bonchev–Trinajstić information content (AvgIpc) is 1.77. The molecule has 0 radical (unpaired) electrons. The Bertz CT molecular complexity index is 143. The number of rotatable bonds is 2. The van der Waals surface area contributed by atoms with Gasteiger partial charge in [-0.05, 0) is 6.92 Å². The maximum absolute atomic E-state index is 11.8. The highest BCUT2D eigenvalue weighted by Gasteiger charge is 2.58. The molecule has 13 heavy (non-hydrogen) atoms. The summed E-state index contributed by atoms with van der Waals surface area (Å²) < 4.78 is 84.2. The van der Waals surface area contributed by atoms with Crippen molar-refractivity contribution in [2.45, 2.75) is 31.7 Å². The van der Waals surface area contributed by atoms with E-state index in [1.54, 1.807) is 0 Å². The summed E-state index contributed by atoms with van der Waals surface area (Å²) in [7, 11) is 0. The molecule has 0 aromatic carbocycles. The molecule has 0 heterocycles. The number of hydrogen-bond donors (Lipinski definition) is 0. The van der Waals surface area contributed by atoms with Crippen LogP contribution in [-0.4, -0.2) is 24.8 Å². The normalized spacial score (nSPS) is 16.4. The van der Waals surface area contributed by atoms with E-state index in [9.17, 15) is 30.7 Å². The van der Waals surface area contributed by atoms with Crippen LogP contribution in [0.5, 0.6) is 0 Å². The molecule has 0 saturated heterocycles. The molecule has 0 aromatic heterocycles. The Labute approximate surface area is 68.5 Å². The first-order chi connectivity index (χ1) is 5.55. The molecule has 0 N–H and O–H groups in total. The van der Waals surface area contributed by atoms with E-state index in [0.29, 0.717) is 6.92 Å². The third kappa shape index (κ3) is 4.30. The first-order valence-electron chi connectivity index (χ1n) is 2.98. The van der Waals surface area contributed by atoms with Crippen LogP contribution >= 0.6 is 0 Å². The molecule has 1 unspecified atom stereocenters. The number of alkyl halides is 7. The smallest absolute Gasteiger partial charge is 0.327 e. The van der Waals surface area contributed by atoms with Crippen molar-refractivity contribution in [1.82, 2.24) is 0 Å². The summed E-state index contributed by atoms with van der Waals surface area (Å²) in [5.41, 5.74) is 0. The fourth-order valence-electron chi connectivity index (χ4n) is 0.527. The average molecular weight is 214 g/mol. The van der Waals surface area contributed by atoms with E-state index in [2.05, 4.69) is 4.74 Å². The Kier molecular flexibility index (Phi) is 3.54. The molecule has 0 fully saturated rings. The van der Waals surface area contributed by atoms with Crippen molar-refractivity contribution in [3.05, 3.63) is 0 Å². The monoisotopic (exact) mass is 214 g/mol. The minimum atomic E-state index is -5.65. The van der Waals surface area contributed by atoms with Crippen molar-refractivity contribution in [3.8, 4) is 0 Å². The van der Waals surface area contributed by atoms with Gasteiger partial charge in [0.05, 0.1) is 0 Å². The zero-order chi connectivity index (χ0) is 10.9. The maximum atomic E-state index is 11.8. The molecule has 80 valence electrons. The summed E-state index contributed by atoms with van der Waals surface area (Å²) in [5.74, 6) is 0. The van der Waals surface area contributed by atoms with Crippen LogP contribution in [0.3, 0.4) is 0 Å². The summed E-state index contributed by atoms with van der Waals surface area (Å²) >= 11 is 0. The maximum Gasteiger partial charge on any atom is 0.423 e. The van der Waals surface area contributed by atoms with E-state index in [1.165, 1.54) is 0 Å². The van der Waals surface area contributed by atoms with Gasteiger partial charge in [0.2, 0.25) is 0 Å². The summed E-state index contributed by atoms with van der Waals surface area (Å²) in [5, 5.41) is 0. The first-order valence-corrected chi connectivity index (χ1v) is 2.98. The highest BCUT2D eigenvalue weighted by atomic mass is 19.4. The summed E-state index contributed by atoms with van der Waals surface area (Å²) in [6, 6.07) is 0.